The van der Waals surface area contributed by atoms with E-state index in [-0.39, 0.29) is 28.6 Å². The van der Waals surface area contributed by atoms with Crippen molar-refractivity contribution in [2.75, 3.05) is 24.6 Å². The molecule has 1 amide bonds. The Labute approximate surface area is 163 Å². The van der Waals surface area contributed by atoms with E-state index in [0.717, 1.165) is 0 Å². The molecule has 0 spiro atoms. The molecule has 1 N–H and O–H groups in total. The fraction of sp³-hybridized carbons (Fsp3) is 0.579. The van der Waals surface area contributed by atoms with Crippen LogP contribution in [0.25, 0.3) is 0 Å². The molecule has 0 aliphatic carbocycles. The van der Waals surface area contributed by atoms with Gasteiger partial charge in [0.1, 0.15) is 11.9 Å². The molecule has 3 rings (SSSR count). The maximum atomic E-state index is 14.3. The molecule has 2 fully saturated rings. The molecule has 2 aliphatic heterocycles. The minimum atomic E-state index is -0.595. The second-order valence-corrected chi connectivity index (χ2v) is 7.79. The standard InChI is InChI=1S/C19H23ClFN3O3/c1-19(2)26-11-14(27-19)5-6-23-18(25)17-7-12(9-22)10-24(17)16-4-3-13(20)8-15(16)21/h3-4,8,12,14,17H,5-7,10-11H2,1-2H3,(H,23,25)/t12?,14-,17?/m0/s1. The highest BCUT2D eigenvalue weighted by molar-refractivity contribution is 6.30. The van der Waals surface area contributed by atoms with E-state index in [2.05, 4.69) is 11.4 Å². The van der Waals surface area contributed by atoms with Crippen LogP contribution >= 0.6 is 11.6 Å². The molecule has 146 valence electrons. The van der Waals surface area contributed by atoms with Crippen molar-refractivity contribution in [3.05, 3.63) is 29.0 Å². The van der Waals surface area contributed by atoms with E-state index in [4.69, 9.17) is 21.1 Å². The Balaban J connectivity index is 1.62. The Kier molecular flexibility index (Phi) is 5.89. The minimum absolute atomic E-state index is 0.0689. The number of nitriles is 1. The topological polar surface area (TPSA) is 74.6 Å². The van der Waals surface area contributed by atoms with Crippen LogP contribution in [0, 0.1) is 23.1 Å². The SMILES string of the molecule is CC1(C)OC[C@H](CCNC(=O)C2CC(C#N)CN2c2ccc(Cl)cc2F)O1. The fourth-order valence-electron chi connectivity index (χ4n) is 3.54. The summed E-state index contributed by atoms with van der Waals surface area (Å²) in [6.07, 6.45) is 0.917. The van der Waals surface area contributed by atoms with Crippen LogP contribution in [0.3, 0.4) is 0 Å². The summed E-state index contributed by atoms with van der Waals surface area (Å²) in [6.45, 7) is 4.93. The Morgan fingerprint density at radius 1 is 1.52 bits per heavy atom. The zero-order chi connectivity index (χ0) is 19.6. The molecule has 2 saturated heterocycles. The van der Waals surface area contributed by atoms with E-state index in [0.29, 0.717) is 32.5 Å². The highest BCUT2D eigenvalue weighted by Gasteiger charge is 2.38. The minimum Gasteiger partial charge on any atom is -0.356 e. The Morgan fingerprint density at radius 3 is 2.93 bits per heavy atom. The van der Waals surface area contributed by atoms with Crippen molar-refractivity contribution < 1.29 is 18.7 Å². The summed E-state index contributed by atoms with van der Waals surface area (Å²) in [6, 6.07) is 5.92. The Morgan fingerprint density at radius 2 is 2.30 bits per heavy atom. The van der Waals surface area contributed by atoms with Crippen molar-refractivity contribution in [2.45, 2.75) is 44.6 Å². The third-order valence-corrected chi connectivity index (χ3v) is 5.07. The molecule has 0 aromatic heterocycles. The molecule has 3 atom stereocenters. The van der Waals surface area contributed by atoms with Gasteiger partial charge < -0.3 is 19.7 Å². The third-order valence-electron chi connectivity index (χ3n) is 4.84. The second-order valence-electron chi connectivity index (χ2n) is 7.36. The molecule has 0 radical (unpaired) electrons. The smallest absolute Gasteiger partial charge is 0.242 e. The number of carbonyl (C=O) groups excluding carboxylic acids is 1. The van der Waals surface area contributed by atoms with E-state index < -0.39 is 17.6 Å². The first kappa shape index (κ1) is 19.9. The van der Waals surface area contributed by atoms with Crippen LogP contribution in [0.15, 0.2) is 18.2 Å². The highest BCUT2D eigenvalue weighted by atomic mass is 35.5. The van der Waals surface area contributed by atoms with Gasteiger partial charge in [0.2, 0.25) is 5.91 Å². The summed E-state index contributed by atoms with van der Waals surface area (Å²) in [5, 5.41) is 12.4. The summed E-state index contributed by atoms with van der Waals surface area (Å²) in [5.74, 6) is -1.65. The molecular formula is C19H23ClFN3O3. The van der Waals surface area contributed by atoms with Gasteiger partial charge in [-0.2, -0.15) is 5.26 Å². The molecule has 27 heavy (non-hydrogen) atoms. The van der Waals surface area contributed by atoms with Gasteiger partial charge in [0.05, 0.1) is 30.4 Å². The number of anilines is 1. The Bertz CT molecular complexity index is 752. The zero-order valence-corrected chi connectivity index (χ0v) is 16.1. The molecule has 1 aromatic carbocycles. The lowest BCUT2D eigenvalue weighted by molar-refractivity contribution is -0.138. The largest absolute Gasteiger partial charge is 0.356 e. The number of halogens is 2. The van der Waals surface area contributed by atoms with Crippen LogP contribution in [0.4, 0.5) is 10.1 Å². The average Bonchev–Trinajstić information content (AvgIpc) is 3.18. The van der Waals surface area contributed by atoms with Gasteiger partial charge in [0.15, 0.2) is 5.79 Å². The van der Waals surface area contributed by atoms with Crippen molar-refractivity contribution in [2.24, 2.45) is 5.92 Å². The van der Waals surface area contributed by atoms with Gasteiger partial charge in [-0.15, -0.1) is 0 Å². The number of hydrogen-bond acceptors (Lipinski definition) is 5. The first-order chi connectivity index (χ1) is 12.8. The third kappa shape index (κ3) is 4.70. The van der Waals surface area contributed by atoms with E-state index >= 15 is 0 Å². The van der Waals surface area contributed by atoms with E-state index in [1.54, 1.807) is 17.0 Å². The molecule has 1 aromatic rings. The molecular weight excluding hydrogens is 373 g/mol. The predicted octanol–water partition coefficient (Wildman–Crippen LogP) is 2.86. The van der Waals surface area contributed by atoms with E-state index in [9.17, 15) is 14.4 Å². The van der Waals surface area contributed by atoms with Crippen molar-refractivity contribution in [3.8, 4) is 6.07 Å². The summed E-state index contributed by atoms with van der Waals surface area (Å²) in [5.41, 5.74) is 0.284. The van der Waals surface area contributed by atoms with Crippen LogP contribution < -0.4 is 10.2 Å². The first-order valence-electron chi connectivity index (χ1n) is 9.00. The second kappa shape index (κ2) is 8.01. The van der Waals surface area contributed by atoms with Gasteiger partial charge in [0, 0.05) is 18.1 Å². The highest BCUT2D eigenvalue weighted by Crippen LogP contribution is 2.32. The predicted molar refractivity (Wildman–Crippen MR) is 98.8 cm³/mol. The number of amides is 1. The van der Waals surface area contributed by atoms with Crippen LogP contribution in [0.1, 0.15) is 26.7 Å². The van der Waals surface area contributed by atoms with E-state index in [1.807, 2.05) is 13.8 Å². The fourth-order valence-corrected chi connectivity index (χ4v) is 3.70. The number of carbonyl (C=O) groups is 1. The average molecular weight is 396 g/mol. The van der Waals surface area contributed by atoms with Crippen molar-refractivity contribution in [1.82, 2.24) is 5.32 Å². The molecule has 0 bridgehead atoms. The van der Waals surface area contributed by atoms with Gasteiger partial charge in [0.25, 0.3) is 0 Å². The van der Waals surface area contributed by atoms with Crippen LogP contribution in [-0.4, -0.2) is 43.5 Å². The zero-order valence-electron chi connectivity index (χ0n) is 15.4. The first-order valence-corrected chi connectivity index (χ1v) is 9.37. The van der Waals surface area contributed by atoms with Crippen molar-refractivity contribution in [1.29, 1.82) is 5.26 Å². The quantitative estimate of drug-likeness (QED) is 0.829. The van der Waals surface area contributed by atoms with Gasteiger partial charge in [-0.3, -0.25) is 4.79 Å². The van der Waals surface area contributed by atoms with Crippen molar-refractivity contribution in [3.63, 3.8) is 0 Å². The van der Waals surface area contributed by atoms with Gasteiger partial charge in [-0.25, -0.2) is 4.39 Å². The van der Waals surface area contributed by atoms with E-state index in [1.165, 1.54) is 6.07 Å². The van der Waals surface area contributed by atoms with Crippen LogP contribution in [-0.2, 0) is 14.3 Å². The molecule has 2 heterocycles. The van der Waals surface area contributed by atoms with Gasteiger partial charge in [-0.05, 0) is 44.9 Å². The number of rotatable bonds is 5. The summed E-state index contributed by atoms with van der Waals surface area (Å²) in [7, 11) is 0. The lowest BCUT2D eigenvalue weighted by Gasteiger charge is -2.26. The lowest BCUT2D eigenvalue weighted by atomic mass is 10.1. The lowest BCUT2D eigenvalue weighted by Crippen LogP contribution is -2.44. The maximum absolute atomic E-state index is 14.3. The maximum Gasteiger partial charge on any atom is 0.242 e. The monoisotopic (exact) mass is 395 g/mol. The van der Waals surface area contributed by atoms with Crippen LogP contribution in [0.5, 0.6) is 0 Å². The molecule has 2 aliphatic rings. The Hall–Kier alpha value is -1.88. The summed E-state index contributed by atoms with van der Waals surface area (Å²) in [4.78, 5) is 14.3. The molecule has 8 heteroatoms. The number of benzene rings is 1. The summed E-state index contributed by atoms with van der Waals surface area (Å²) >= 11 is 5.82. The van der Waals surface area contributed by atoms with Crippen molar-refractivity contribution >= 4 is 23.2 Å². The van der Waals surface area contributed by atoms with Gasteiger partial charge >= 0.3 is 0 Å². The number of hydrogen-bond donors (Lipinski definition) is 1. The number of ether oxygens (including phenoxy) is 2. The van der Waals surface area contributed by atoms with Crippen LogP contribution in [0.2, 0.25) is 5.02 Å². The molecule has 0 saturated carbocycles. The number of nitrogens with zero attached hydrogens (tertiary/aromatic N) is 2. The molecule has 2 unspecified atom stereocenters. The van der Waals surface area contributed by atoms with Gasteiger partial charge in [-0.1, -0.05) is 11.6 Å². The molecule has 6 nitrogen and oxygen atoms in total. The number of nitrogens with one attached hydrogen (secondary N) is 1. The normalized spacial score (nSPS) is 26.8. The summed E-state index contributed by atoms with van der Waals surface area (Å²) < 4.78 is 25.6.